The minimum Gasteiger partial charge on any atom is -0.373 e. The Labute approximate surface area is 185 Å². The molecule has 0 aromatic heterocycles. The third-order valence-corrected chi connectivity index (χ3v) is 4.75. The van der Waals surface area contributed by atoms with Crippen LogP contribution in [0.5, 0.6) is 0 Å². The van der Waals surface area contributed by atoms with Gasteiger partial charge in [0.15, 0.2) is 5.96 Å². The van der Waals surface area contributed by atoms with Gasteiger partial charge < -0.3 is 15.8 Å². The average molecular weight is 494 g/mol. The van der Waals surface area contributed by atoms with E-state index in [-0.39, 0.29) is 36.2 Å². The largest absolute Gasteiger partial charge is 0.373 e. The molecular weight excluding hydrogens is 463 g/mol. The zero-order valence-electron chi connectivity index (χ0n) is 16.9. The van der Waals surface area contributed by atoms with Crippen molar-refractivity contribution < 1.29 is 4.74 Å². The highest BCUT2D eigenvalue weighted by Crippen LogP contribution is 2.17. The fourth-order valence-corrected chi connectivity index (χ4v) is 3.52. The predicted octanol–water partition coefficient (Wildman–Crippen LogP) is 4.15. The van der Waals surface area contributed by atoms with E-state index < -0.39 is 0 Å². The Morgan fingerprint density at radius 3 is 2.32 bits per heavy atom. The number of nitrogens with zero attached hydrogens (tertiary/aromatic N) is 2. The van der Waals surface area contributed by atoms with Crippen molar-refractivity contribution in [2.75, 3.05) is 18.4 Å². The van der Waals surface area contributed by atoms with E-state index in [1.807, 2.05) is 12.1 Å². The summed E-state index contributed by atoms with van der Waals surface area (Å²) in [6, 6.07) is 16.6. The minimum atomic E-state index is 0. The number of nitrogens with one attached hydrogen (secondary N) is 1. The van der Waals surface area contributed by atoms with Gasteiger partial charge in [-0.15, -0.1) is 24.0 Å². The Balaban J connectivity index is 0.00000280. The fraction of sp³-hybridized carbons (Fsp3) is 0.409. The zero-order chi connectivity index (χ0) is 19.2. The maximum atomic E-state index is 6.07. The lowest BCUT2D eigenvalue weighted by Gasteiger charge is -2.35. The van der Waals surface area contributed by atoms with Crippen molar-refractivity contribution in [2.45, 2.75) is 46.1 Å². The van der Waals surface area contributed by atoms with Crippen LogP contribution < -0.4 is 11.1 Å². The molecule has 2 unspecified atom stereocenters. The summed E-state index contributed by atoms with van der Waals surface area (Å²) in [5, 5.41) is 3.15. The topological polar surface area (TPSA) is 62.9 Å². The molecule has 28 heavy (non-hydrogen) atoms. The van der Waals surface area contributed by atoms with Crippen molar-refractivity contribution in [2.24, 2.45) is 10.7 Å². The molecule has 3 rings (SSSR count). The lowest BCUT2D eigenvalue weighted by Crippen LogP contribution is -2.44. The molecule has 2 atom stereocenters. The molecule has 1 saturated heterocycles. The summed E-state index contributed by atoms with van der Waals surface area (Å²) < 4.78 is 5.84. The van der Waals surface area contributed by atoms with Crippen LogP contribution in [0.4, 0.5) is 5.69 Å². The number of nitrogens with two attached hydrogens (primary N) is 1. The number of guanidine groups is 1. The third-order valence-electron chi connectivity index (χ3n) is 4.75. The average Bonchev–Trinajstić information content (AvgIpc) is 2.62. The highest BCUT2D eigenvalue weighted by molar-refractivity contribution is 14.0. The molecule has 152 valence electrons. The molecule has 0 amide bonds. The highest BCUT2D eigenvalue weighted by Gasteiger charge is 2.22. The van der Waals surface area contributed by atoms with Crippen molar-refractivity contribution in [1.82, 2.24) is 4.90 Å². The number of aryl methyl sites for hydroxylation is 1. The lowest BCUT2D eigenvalue weighted by atomic mass is 10.1. The Morgan fingerprint density at radius 1 is 1.07 bits per heavy atom. The maximum Gasteiger partial charge on any atom is 0.193 e. The second-order valence-electron chi connectivity index (χ2n) is 7.41. The zero-order valence-corrected chi connectivity index (χ0v) is 19.2. The monoisotopic (exact) mass is 494 g/mol. The van der Waals surface area contributed by atoms with Gasteiger partial charge in [0.05, 0.1) is 18.8 Å². The van der Waals surface area contributed by atoms with Crippen LogP contribution in [0.2, 0.25) is 0 Å². The van der Waals surface area contributed by atoms with Crippen LogP contribution in [0, 0.1) is 6.92 Å². The van der Waals surface area contributed by atoms with Crippen LogP contribution >= 0.6 is 24.0 Å². The summed E-state index contributed by atoms with van der Waals surface area (Å²) in [5.74, 6) is 0.433. The quantitative estimate of drug-likeness (QED) is 0.373. The molecule has 0 bridgehead atoms. The van der Waals surface area contributed by atoms with Gasteiger partial charge in [0.25, 0.3) is 0 Å². The normalized spacial score (nSPS) is 20.5. The molecule has 1 fully saturated rings. The number of hydrogen-bond acceptors (Lipinski definition) is 3. The number of rotatable bonds is 5. The van der Waals surface area contributed by atoms with Gasteiger partial charge in [-0.25, -0.2) is 4.99 Å². The van der Waals surface area contributed by atoms with Crippen LogP contribution in [0.15, 0.2) is 53.5 Å². The maximum absolute atomic E-state index is 6.07. The smallest absolute Gasteiger partial charge is 0.193 e. The van der Waals surface area contributed by atoms with Crippen molar-refractivity contribution in [3.8, 4) is 0 Å². The molecule has 0 aliphatic carbocycles. The number of anilines is 1. The summed E-state index contributed by atoms with van der Waals surface area (Å²) in [5.41, 5.74) is 10.7. The summed E-state index contributed by atoms with van der Waals surface area (Å²) in [6.45, 7) is 9.73. The fourth-order valence-electron chi connectivity index (χ4n) is 3.52. The Bertz CT molecular complexity index is 768. The van der Waals surface area contributed by atoms with Gasteiger partial charge in [-0.05, 0) is 44.0 Å². The molecule has 0 spiro atoms. The number of hydrogen-bond donors (Lipinski definition) is 2. The van der Waals surface area contributed by atoms with Gasteiger partial charge in [0.2, 0.25) is 0 Å². The van der Waals surface area contributed by atoms with E-state index in [0.717, 1.165) is 25.3 Å². The molecule has 3 N–H and O–H groups in total. The molecule has 0 saturated carbocycles. The second-order valence-corrected chi connectivity index (χ2v) is 7.41. The first-order chi connectivity index (χ1) is 13.0. The van der Waals surface area contributed by atoms with Crippen molar-refractivity contribution in [3.05, 3.63) is 65.2 Å². The van der Waals surface area contributed by atoms with Crippen molar-refractivity contribution >= 4 is 35.6 Å². The van der Waals surface area contributed by atoms with Crippen molar-refractivity contribution in [1.29, 1.82) is 0 Å². The second kappa shape index (κ2) is 10.8. The molecular formula is C22H31IN4O. The Kier molecular flexibility index (Phi) is 8.72. The van der Waals surface area contributed by atoms with E-state index >= 15 is 0 Å². The highest BCUT2D eigenvalue weighted by atomic mass is 127. The van der Waals surface area contributed by atoms with E-state index in [1.165, 1.54) is 16.7 Å². The van der Waals surface area contributed by atoms with Gasteiger partial charge in [0.1, 0.15) is 0 Å². The Morgan fingerprint density at radius 2 is 1.68 bits per heavy atom. The number of benzene rings is 2. The summed E-state index contributed by atoms with van der Waals surface area (Å²) >= 11 is 0. The number of ether oxygens (including phenoxy) is 1. The summed E-state index contributed by atoms with van der Waals surface area (Å²) in [7, 11) is 0. The summed E-state index contributed by atoms with van der Waals surface area (Å²) in [6.07, 6.45) is 0.543. The molecule has 2 aromatic rings. The minimum absolute atomic E-state index is 0. The molecule has 2 aromatic carbocycles. The number of aliphatic imine (C=N–C) groups is 1. The van der Waals surface area contributed by atoms with Gasteiger partial charge >= 0.3 is 0 Å². The molecule has 1 heterocycles. The van der Waals surface area contributed by atoms with Crippen LogP contribution in [-0.4, -0.2) is 36.2 Å². The Hall–Kier alpha value is -1.64. The molecule has 1 aliphatic rings. The molecule has 6 heteroatoms. The van der Waals surface area contributed by atoms with E-state index in [2.05, 4.69) is 72.4 Å². The third kappa shape index (κ3) is 6.76. The number of morpholine rings is 1. The van der Waals surface area contributed by atoms with Crippen LogP contribution in [0.3, 0.4) is 0 Å². The first-order valence-electron chi connectivity index (χ1n) is 9.58. The summed E-state index contributed by atoms with van der Waals surface area (Å²) in [4.78, 5) is 6.99. The van der Waals surface area contributed by atoms with E-state index in [4.69, 9.17) is 10.5 Å². The predicted molar refractivity (Wildman–Crippen MR) is 127 cm³/mol. The van der Waals surface area contributed by atoms with Crippen molar-refractivity contribution in [3.63, 3.8) is 0 Å². The van der Waals surface area contributed by atoms with Crippen LogP contribution in [-0.2, 0) is 17.8 Å². The van der Waals surface area contributed by atoms with Crippen LogP contribution in [0.1, 0.15) is 30.5 Å². The number of halogens is 1. The molecule has 1 aliphatic heterocycles. The van der Waals surface area contributed by atoms with Gasteiger partial charge in [-0.3, -0.25) is 4.90 Å². The van der Waals surface area contributed by atoms with E-state index in [0.29, 0.717) is 12.5 Å². The van der Waals surface area contributed by atoms with Gasteiger partial charge in [0, 0.05) is 25.3 Å². The van der Waals surface area contributed by atoms with E-state index in [1.54, 1.807) is 0 Å². The first kappa shape index (κ1) is 22.6. The van der Waals surface area contributed by atoms with Crippen LogP contribution in [0.25, 0.3) is 0 Å². The molecule has 5 nitrogen and oxygen atoms in total. The van der Waals surface area contributed by atoms with Gasteiger partial charge in [-0.1, -0.05) is 42.0 Å². The van der Waals surface area contributed by atoms with E-state index in [9.17, 15) is 0 Å². The van der Waals surface area contributed by atoms with Gasteiger partial charge in [-0.2, -0.15) is 0 Å². The standard InChI is InChI=1S/C22H30N4O.HI/c1-16-8-10-21(11-9-16)25-22(23)24-12-19-6-4-5-7-20(19)15-26-13-17(2)27-18(3)14-26;/h4-11,17-18H,12-15H2,1-3H3,(H3,23,24,25);1H. The molecule has 0 radical (unpaired) electrons. The lowest BCUT2D eigenvalue weighted by molar-refractivity contribution is -0.0705. The SMILES string of the molecule is Cc1ccc(NC(N)=NCc2ccccc2CN2CC(C)OC(C)C2)cc1.I. The first-order valence-corrected chi connectivity index (χ1v) is 9.58.